The Bertz CT molecular complexity index is 1110. The molecule has 1 saturated carbocycles. The lowest BCUT2D eigenvalue weighted by Gasteiger charge is -2.14. The molecule has 0 spiro atoms. The van der Waals surface area contributed by atoms with E-state index in [1.54, 1.807) is 6.92 Å². The molecule has 2 aromatic rings. The van der Waals surface area contributed by atoms with E-state index in [9.17, 15) is 21.6 Å². The number of carbonyl (C=O) groups is 1. The van der Waals surface area contributed by atoms with Crippen LogP contribution in [-0.4, -0.2) is 34.0 Å². The summed E-state index contributed by atoms with van der Waals surface area (Å²) >= 11 is 1.30. The fourth-order valence-corrected chi connectivity index (χ4v) is 6.10. The Balaban J connectivity index is 2.20. The summed E-state index contributed by atoms with van der Waals surface area (Å²) in [6, 6.07) is 2.48. The molecule has 1 fully saturated rings. The van der Waals surface area contributed by atoms with Crippen LogP contribution < -0.4 is 4.72 Å². The van der Waals surface area contributed by atoms with Crippen LogP contribution in [0.5, 0.6) is 0 Å². The molecule has 0 unspecified atom stereocenters. The summed E-state index contributed by atoms with van der Waals surface area (Å²) < 4.78 is 51.7. The van der Waals surface area contributed by atoms with E-state index in [0.29, 0.717) is 10.9 Å². The average Bonchev–Trinajstić information content (AvgIpc) is 3.30. The fourth-order valence-electron chi connectivity index (χ4n) is 2.78. The van der Waals surface area contributed by atoms with Gasteiger partial charge in [-0.2, -0.15) is 0 Å². The number of nitrogens with one attached hydrogen (secondary N) is 1. The van der Waals surface area contributed by atoms with Gasteiger partial charge in [-0.15, -0.1) is 11.3 Å². The number of rotatable bonds is 6. The Morgan fingerprint density at radius 1 is 1.22 bits per heavy atom. The quantitative estimate of drug-likeness (QED) is 0.757. The van der Waals surface area contributed by atoms with E-state index in [1.807, 2.05) is 10.1 Å². The first-order valence-electron chi connectivity index (χ1n) is 8.39. The van der Waals surface area contributed by atoms with Crippen molar-refractivity contribution in [1.82, 2.24) is 9.71 Å². The molecule has 1 heterocycles. The van der Waals surface area contributed by atoms with Gasteiger partial charge in [-0.3, -0.25) is 4.79 Å². The van der Waals surface area contributed by atoms with Gasteiger partial charge in [0.2, 0.25) is 5.91 Å². The van der Waals surface area contributed by atoms with Gasteiger partial charge in [0.1, 0.15) is 5.01 Å². The first kappa shape index (κ1) is 20.0. The third kappa shape index (κ3) is 4.07. The Morgan fingerprint density at radius 3 is 2.41 bits per heavy atom. The molecule has 10 heteroatoms. The van der Waals surface area contributed by atoms with Gasteiger partial charge in [-0.25, -0.2) is 26.5 Å². The Kier molecular flexibility index (Phi) is 5.17. The highest BCUT2D eigenvalue weighted by Crippen LogP contribution is 2.43. The second-order valence-electron chi connectivity index (χ2n) is 6.57. The van der Waals surface area contributed by atoms with Crippen molar-refractivity contribution < 1.29 is 21.6 Å². The van der Waals surface area contributed by atoms with Gasteiger partial charge in [-0.05, 0) is 37.5 Å². The lowest BCUT2D eigenvalue weighted by Crippen LogP contribution is -2.30. The smallest absolute Gasteiger partial charge is 0.264 e. The van der Waals surface area contributed by atoms with Crippen molar-refractivity contribution in [1.29, 1.82) is 0 Å². The van der Waals surface area contributed by atoms with E-state index < -0.39 is 25.8 Å². The van der Waals surface area contributed by atoms with Crippen LogP contribution in [-0.2, 0) is 24.7 Å². The molecule has 27 heavy (non-hydrogen) atoms. The van der Waals surface area contributed by atoms with Crippen LogP contribution in [0.25, 0.3) is 10.6 Å². The van der Waals surface area contributed by atoms with E-state index >= 15 is 0 Å². The van der Waals surface area contributed by atoms with Crippen LogP contribution >= 0.6 is 11.3 Å². The summed E-state index contributed by atoms with van der Waals surface area (Å²) in [5.74, 6) is -0.235. The minimum atomic E-state index is -4.11. The number of sulfone groups is 1. The Morgan fingerprint density at radius 2 is 1.85 bits per heavy atom. The molecule has 1 aliphatic carbocycles. The van der Waals surface area contributed by atoms with Crippen LogP contribution in [0.15, 0.2) is 27.3 Å². The summed E-state index contributed by atoms with van der Waals surface area (Å²) in [5.41, 5.74) is 1.44. The van der Waals surface area contributed by atoms with Gasteiger partial charge >= 0.3 is 0 Å². The topological polar surface area (TPSA) is 110 Å². The SMILES string of the molecule is CCC(=O)NS(=O)(=O)c1ccc(S(C)(=O)=O)c(-c2nc(C3CC3)cs2)c1C. The maximum absolute atomic E-state index is 12.6. The average molecular weight is 429 g/mol. The van der Waals surface area contributed by atoms with E-state index in [1.165, 1.54) is 30.4 Å². The molecule has 0 bridgehead atoms. The lowest BCUT2D eigenvalue weighted by molar-refractivity contribution is -0.119. The van der Waals surface area contributed by atoms with Crippen molar-refractivity contribution in [3.05, 3.63) is 28.8 Å². The standard InChI is InChI=1S/C17H20N2O5S3/c1-4-15(20)19-27(23,24)13-7-8-14(26(3,21)22)16(10(13)2)17-18-12(9-25-17)11-5-6-11/h7-9,11H,4-6H2,1-3H3,(H,19,20). The summed E-state index contributed by atoms with van der Waals surface area (Å²) in [6.07, 6.45) is 3.20. The van der Waals surface area contributed by atoms with Gasteiger partial charge in [0.05, 0.1) is 15.5 Å². The van der Waals surface area contributed by atoms with Crippen LogP contribution in [0.4, 0.5) is 0 Å². The zero-order valence-electron chi connectivity index (χ0n) is 15.1. The number of hydrogen-bond donors (Lipinski definition) is 1. The minimum absolute atomic E-state index is 0.0176. The number of aromatic nitrogens is 1. The summed E-state index contributed by atoms with van der Waals surface area (Å²) in [6.45, 7) is 3.08. The normalized spacial score (nSPS) is 14.9. The summed E-state index contributed by atoms with van der Waals surface area (Å²) in [4.78, 5) is 16.0. The highest BCUT2D eigenvalue weighted by atomic mass is 32.2. The number of sulfonamides is 1. The van der Waals surface area contributed by atoms with E-state index in [-0.39, 0.29) is 27.3 Å². The lowest BCUT2D eigenvalue weighted by atomic mass is 10.1. The molecule has 7 nitrogen and oxygen atoms in total. The number of hydrogen-bond acceptors (Lipinski definition) is 7. The largest absolute Gasteiger partial charge is 0.274 e. The van der Waals surface area contributed by atoms with Gasteiger partial charge < -0.3 is 0 Å². The molecular formula is C17H20N2O5S3. The van der Waals surface area contributed by atoms with Gasteiger partial charge in [0.25, 0.3) is 10.0 Å². The molecule has 0 atom stereocenters. The first-order valence-corrected chi connectivity index (χ1v) is 12.6. The number of benzene rings is 1. The second-order valence-corrected chi connectivity index (χ2v) is 11.1. The van der Waals surface area contributed by atoms with E-state index in [2.05, 4.69) is 4.98 Å². The predicted octanol–water partition coefficient (Wildman–Crippen LogP) is 2.61. The summed E-state index contributed by atoms with van der Waals surface area (Å²) in [5, 5.41) is 2.35. The molecule has 0 radical (unpaired) electrons. The molecule has 1 aliphatic rings. The monoisotopic (exact) mass is 428 g/mol. The number of nitrogens with zero attached hydrogens (tertiary/aromatic N) is 1. The maximum atomic E-state index is 12.6. The Labute approximate surface area is 162 Å². The highest BCUT2D eigenvalue weighted by molar-refractivity contribution is 7.91. The van der Waals surface area contributed by atoms with Crippen LogP contribution in [0.3, 0.4) is 0 Å². The molecule has 1 aromatic carbocycles. The van der Waals surface area contributed by atoms with Crippen molar-refractivity contribution in [2.24, 2.45) is 0 Å². The van der Waals surface area contributed by atoms with E-state index in [4.69, 9.17) is 0 Å². The maximum Gasteiger partial charge on any atom is 0.264 e. The predicted molar refractivity (Wildman–Crippen MR) is 103 cm³/mol. The van der Waals surface area contributed by atoms with Crippen molar-refractivity contribution in [3.8, 4) is 10.6 Å². The van der Waals surface area contributed by atoms with Crippen LogP contribution in [0, 0.1) is 6.92 Å². The molecule has 0 saturated heterocycles. The minimum Gasteiger partial charge on any atom is -0.274 e. The van der Waals surface area contributed by atoms with Crippen molar-refractivity contribution >= 4 is 37.1 Å². The van der Waals surface area contributed by atoms with Gasteiger partial charge in [0.15, 0.2) is 9.84 Å². The van der Waals surface area contributed by atoms with Gasteiger partial charge in [0, 0.05) is 29.5 Å². The Hall–Kier alpha value is -1.78. The summed E-state index contributed by atoms with van der Waals surface area (Å²) in [7, 11) is -7.71. The molecule has 1 amide bonds. The number of amides is 1. The zero-order chi connectivity index (χ0) is 20.0. The van der Waals surface area contributed by atoms with Crippen molar-refractivity contribution in [2.45, 2.75) is 48.8 Å². The van der Waals surface area contributed by atoms with Crippen molar-refractivity contribution in [3.63, 3.8) is 0 Å². The number of thiazole rings is 1. The van der Waals surface area contributed by atoms with Crippen molar-refractivity contribution in [2.75, 3.05) is 6.26 Å². The fraction of sp³-hybridized carbons (Fsp3) is 0.412. The van der Waals surface area contributed by atoms with Gasteiger partial charge in [-0.1, -0.05) is 6.92 Å². The number of carbonyl (C=O) groups excluding carboxylic acids is 1. The molecule has 1 aromatic heterocycles. The van der Waals surface area contributed by atoms with Crippen LogP contribution in [0.2, 0.25) is 0 Å². The molecular weight excluding hydrogens is 408 g/mol. The van der Waals surface area contributed by atoms with E-state index in [0.717, 1.165) is 24.8 Å². The molecule has 3 rings (SSSR count). The third-order valence-corrected chi connectivity index (χ3v) is 7.90. The van der Waals surface area contributed by atoms with Crippen LogP contribution in [0.1, 0.15) is 43.4 Å². The highest BCUT2D eigenvalue weighted by Gasteiger charge is 2.30. The third-order valence-electron chi connectivity index (χ3n) is 4.37. The molecule has 1 N–H and O–H groups in total. The first-order chi connectivity index (χ1) is 12.5. The second kappa shape index (κ2) is 6.99. The molecule has 0 aliphatic heterocycles. The molecule has 146 valence electrons. The zero-order valence-corrected chi connectivity index (χ0v) is 17.6.